The predicted molar refractivity (Wildman–Crippen MR) is 172 cm³/mol. The summed E-state index contributed by atoms with van der Waals surface area (Å²) in [6.45, 7) is 14.3. The Bertz CT molecular complexity index is 1130. The van der Waals surface area contributed by atoms with Gasteiger partial charge in [-0.1, -0.05) is 66.7 Å². The van der Waals surface area contributed by atoms with Gasteiger partial charge in [-0.25, -0.2) is 0 Å². The van der Waals surface area contributed by atoms with Crippen molar-refractivity contribution in [3.8, 4) is 0 Å². The summed E-state index contributed by atoms with van der Waals surface area (Å²) in [5.74, 6) is -1.34. The Kier molecular flexibility index (Phi) is 8.05. The fourth-order valence-electron chi connectivity index (χ4n) is 14.4. The minimum atomic E-state index is -1.31. The van der Waals surface area contributed by atoms with Gasteiger partial charge in [-0.2, -0.15) is 0 Å². The number of ether oxygens (including phenoxy) is 1. The van der Waals surface area contributed by atoms with E-state index in [9.17, 15) is 25.2 Å². The molecule has 6 aliphatic rings. The number of carboxylic acid groups (broad SMARTS) is 1. The van der Waals surface area contributed by atoms with Gasteiger partial charge in [0.15, 0.2) is 5.79 Å². The summed E-state index contributed by atoms with van der Waals surface area (Å²) in [5, 5.41) is 46.1. The van der Waals surface area contributed by atoms with Crippen molar-refractivity contribution in [3.05, 3.63) is 0 Å². The van der Waals surface area contributed by atoms with Crippen molar-refractivity contribution in [1.29, 1.82) is 0 Å². The van der Waals surface area contributed by atoms with Crippen LogP contribution in [0, 0.1) is 55.7 Å². The molecule has 1 saturated heterocycles. The number of aliphatic hydroxyl groups excluding tert-OH is 2. The van der Waals surface area contributed by atoms with Crippen molar-refractivity contribution >= 4 is 5.97 Å². The molecular weight excluding hydrogens is 552 g/mol. The predicted octanol–water partition coefficient (Wildman–Crippen LogP) is 7.72. The van der Waals surface area contributed by atoms with Crippen LogP contribution < -0.4 is 0 Å². The van der Waals surface area contributed by atoms with E-state index in [4.69, 9.17) is 4.74 Å². The highest BCUT2D eigenvalue weighted by atomic mass is 16.6. The monoisotopic (exact) mass is 616 g/mol. The average Bonchev–Trinajstić information content (AvgIpc) is 3.18. The highest BCUT2D eigenvalue weighted by Crippen LogP contribution is 2.83. The SMILES string of the molecule is CCCCCC[C@@]12CC[C@]3(C)[C@H](CC[C@@]45CO[C@@](O)(C[C@H](O)[C@]43CO)[C@@H]5CCC)[C@@]1(C)CC[C@@]1(C)CC[C@@](C)(C(=O)O)C[C@H]12. The molecule has 0 aromatic rings. The van der Waals surface area contributed by atoms with Gasteiger partial charge in [-0.05, 0) is 111 Å². The van der Waals surface area contributed by atoms with Gasteiger partial charge in [0.1, 0.15) is 0 Å². The largest absolute Gasteiger partial charge is 0.481 e. The van der Waals surface area contributed by atoms with E-state index in [1.165, 1.54) is 25.7 Å². The summed E-state index contributed by atoms with van der Waals surface area (Å²) in [7, 11) is 0. The molecule has 4 N–H and O–H groups in total. The number of fused-ring (bicyclic) bond motifs is 7. The minimum Gasteiger partial charge on any atom is -0.481 e. The fraction of sp³-hybridized carbons (Fsp3) is 0.974. The number of aliphatic hydroxyl groups is 3. The van der Waals surface area contributed by atoms with E-state index in [0.717, 1.165) is 77.0 Å². The van der Waals surface area contributed by atoms with Crippen LogP contribution in [0.1, 0.15) is 151 Å². The van der Waals surface area contributed by atoms with E-state index in [1.807, 2.05) is 6.92 Å². The van der Waals surface area contributed by atoms with Gasteiger partial charge in [0.2, 0.25) is 0 Å². The molecule has 0 aromatic carbocycles. The second-order valence-corrected chi connectivity index (χ2v) is 18.1. The van der Waals surface area contributed by atoms with E-state index in [-0.39, 0.29) is 40.6 Å². The Morgan fingerprint density at radius 3 is 2.20 bits per heavy atom. The molecule has 0 aromatic heterocycles. The van der Waals surface area contributed by atoms with Crippen LogP contribution >= 0.6 is 0 Å². The maximum Gasteiger partial charge on any atom is 0.309 e. The molecule has 6 heteroatoms. The van der Waals surface area contributed by atoms with Gasteiger partial charge in [-0.15, -0.1) is 0 Å². The Balaban J connectivity index is 1.48. The molecule has 44 heavy (non-hydrogen) atoms. The quantitative estimate of drug-likeness (QED) is 0.198. The zero-order valence-corrected chi connectivity index (χ0v) is 28.8. The fourth-order valence-corrected chi connectivity index (χ4v) is 14.4. The number of carboxylic acids is 1. The molecule has 12 atom stereocenters. The molecule has 0 unspecified atom stereocenters. The van der Waals surface area contributed by atoms with Crippen LogP contribution in [0.15, 0.2) is 0 Å². The van der Waals surface area contributed by atoms with Crippen LogP contribution in [0.5, 0.6) is 0 Å². The molecule has 6 fully saturated rings. The first-order valence-corrected chi connectivity index (χ1v) is 18.5. The third-order valence-corrected chi connectivity index (χ3v) is 16.8. The summed E-state index contributed by atoms with van der Waals surface area (Å²) < 4.78 is 6.30. The van der Waals surface area contributed by atoms with Crippen LogP contribution in [-0.2, 0) is 9.53 Å². The van der Waals surface area contributed by atoms with E-state index in [0.29, 0.717) is 18.4 Å². The molecule has 6 rings (SSSR count). The van der Waals surface area contributed by atoms with Crippen LogP contribution in [0.3, 0.4) is 0 Å². The standard InChI is InChI=1S/C38H64O6/c1-7-9-10-11-14-35-21-20-34(6)26(33(35,5)19-18-31(3)16-17-32(4,30(41)42)22-28(31)35)13-15-36-25-44-38(43,27(36)12-8-2)23-29(40)37(34,36)24-39/h26-29,39-40,43H,7-25H2,1-6H3,(H,41,42)/t26-,27-,28-,29+,31-,32-,33-,34-,35+,36+,37+,38+/m1/s1. The first-order chi connectivity index (χ1) is 20.6. The minimum absolute atomic E-state index is 0.00981. The molecular formula is C38H64O6. The Morgan fingerprint density at radius 1 is 0.841 bits per heavy atom. The summed E-state index contributed by atoms with van der Waals surface area (Å²) in [6, 6.07) is 0. The molecule has 2 bridgehead atoms. The maximum absolute atomic E-state index is 12.7. The van der Waals surface area contributed by atoms with E-state index in [1.54, 1.807) is 0 Å². The second kappa shape index (κ2) is 10.7. The van der Waals surface area contributed by atoms with Gasteiger partial charge >= 0.3 is 5.97 Å². The van der Waals surface area contributed by atoms with Gasteiger partial charge in [-0.3, -0.25) is 4.79 Å². The molecule has 0 radical (unpaired) electrons. The van der Waals surface area contributed by atoms with E-state index < -0.39 is 34.1 Å². The molecule has 1 aliphatic heterocycles. The van der Waals surface area contributed by atoms with Gasteiger partial charge in [0.25, 0.3) is 0 Å². The van der Waals surface area contributed by atoms with Crippen molar-refractivity contribution in [3.63, 3.8) is 0 Å². The van der Waals surface area contributed by atoms with Crippen molar-refractivity contribution in [2.24, 2.45) is 55.7 Å². The first kappa shape index (κ1) is 33.2. The molecule has 6 nitrogen and oxygen atoms in total. The van der Waals surface area contributed by atoms with Crippen LogP contribution in [0.4, 0.5) is 0 Å². The third kappa shape index (κ3) is 3.89. The summed E-state index contributed by atoms with van der Waals surface area (Å²) >= 11 is 0. The molecule has 1 spiro atoms. The second-order valence-electron chi connectivity index (χ2n) is 18.1. The lowest BCUT2D eigenvalue weighted by Crippen LogP contribution is -2.76. The first-order valence-electron chi connectivity index (χ1n) is 18.5. The third-order valence-electron chi connectivity index (χ3n) is 16.8. The highest BCUT2D eigenvalue weighted by molar-refractivity contribution is 5.74. The van der Waals surface area contributed by atoms with E-state index >= 15 is 0 Å². The van der Waals surface area contributed by atoms with E-state index in [2.05, 4.69) is 34.6 Å². The lowest BCUT2D eigenvalue weighted by atomic mass is 9.26. The Morgan fingerprint density at radius 2 is 1.55 bits per heavy atom. The smallest absolute Gasteiger partial charge is 0.309 e. The highest BCUT2D eigenvalue weighted by Gasteiger charge is 2.82. The Hall–Kier alpha value is -0.690. The van der Waals surface area contributed by atoms with Crippen molar-refractivity contribution < 1.29 is 30.0 Å². The number of hydrogen-bond donors (Lipinski definition) is 4. The van der Waals surface area contributed by atoms with Gasteiger partial charge < -0.3 is 25.2 Å². The van der Waals surface area contributed by atoms with Crippen molar-refractivity contribution in [2.45, 2.75) is 163 Å². The summed E-state index contributed by atoms with van der Waals surface area (Å²) in [5.41, 5.74) is -1.96. The van der Waals surface area contributed by atoms with Crippen LogP contribution in [-0.4, -0.2) is 51.5 Å². The van der Waals surface area contributed by atoms with Gasteiger partial charge in [0, 0.05) is 23.2 Å². The lowest BCUT2D eigenvalue weighted by Gasteiger charge is -2.78. The molecule has 5 saturated carbocycles. The van der Waals surface area contributed by atoms with Crippen LogP contribution in [0.25, 0.3) is 0 Å². The van der Waals surface area contributed by atoms with Crippen molar-refractivity contribution in [2.75, 3.05) is 13.2 Å². The summed E-state index contributed by atoms with van der Waals surface area (Å²) in [4.78, 5) is 12.7. The number of rotatable bonds is 9. The number of hydrogen-bond acceptors (Lipinski definition) is 5. The number of carbonyl (C=O) groups is 1. The summed E-state index contributed by atoms with van der Waals surface area (Å²) in [6.07, 6.45) is 15.8. The van der Waals surface area contributed by atoms with Gasteiger partial charge in [0.05, 0.1) is 24.7 Å². The van der Waals surface area contributed by atoms with Crippen LogP contribution in [0.2, 0.25) is 0 Å². The topological polar surface area (TPSA) is 107 Å². The molecule has 0 amide bonds. The Labute approximate surface area is 267 Å². The lowest BCUT2D eigenvalue weighted by molar-refractivity contribution is -0.337. The zero-order valence-electron chi connectivity index (χ0n) is 28.8. The molecule has 252 valence electrons. The number of aliphatic carboxylic acids is 1. The van der Waals surface area contributed by atoms with Crippen molar-refractivity contribution in [1.82, 2.24) is 0 Å². The number of unbranched alkanes of at least 4 members (excludes halogenated alkanes) is 3. The zero-order chi connectivity index (χ0) is 32.0. The molecule has 5 aliphatic carbocycles. The average molecular weight is 617 g/mol. The molecule has 1 heterocycles. The normalized spacial score (nSPS) is 54.6. The maximum atomic E-state index is 12.7.